The first kappa shape index (κ1) is 11.0. The molecule has 1 aromatic heterocycles. The molecule has 2 rings (SSSR count). The van der Waals surface area contributed by atoms with Crippen LogP contribution in [0, 0.1) is 11.3 Å². The number of nitrogens with zero attached hydrogens (tertiary/aromatic N) is 1. The van der Waals surface area contributed by atoms with Gasteiger partial charge in [-0.25, -0.2) is 0 Å². The lowest BCUT2D eigenvalue weighted by Gasteiger charge is -1.94. The monoisotopic (exact) mass is 201 g/mol. The van der Waals surface area contributed by atoms with E-state index in [4.69, 9.17) is 9.68 Å². The van der Waals surface area contributed by atoms with Crippen LogP contribution in [0.1, 0.15) is 19.6 Å². The van der Waals surface area contributed by atoms with Gasteiger partial charge < -0.3 is 4.42 Å². The number of rotatable bonds is 0. The summed E-state index contributed by atoms with van der Waals surface area (Å²) in [7, 11) is 0. The molecule has 0 spiro atoms. The Morgan fingerprint density at radius 2 is 1.93 bits per heavy atom. The minimum Gasteiger partial charge on any atom is -0.445 e. The Kier molecular flexibility index (Phi) is 3.64. The molecule has 15 heavy (non-hydrogen) atoms. The number of benzene rings is 1. The highest BCUT2D eigenvalue weighted by Crippen LogP contribution is 2.10. The van der Waals surface area contributed by atoms with Gasteiger partial charge in [0.25, 0.3) is 0 Å². The first-order chi connectivity index (χ1) is 7.31. The van der Waals surface area contributed by atoms with Crippen LogP contribution in [0.5, 0.6) is 0 Å². The van der Waals surface area contributed by atoms with E-state index in [2.05, 4.69) is 0 Å². The average Bonchev–Trinajstić information content (AvgIpc) is 2.31. The summed E-state index contributed by atoms with van der Waals surface area (Å²) in [5, 5.41) is 9.04. The molecule has 1 aromatic carbocycles. The van der Waals surface area contributed by atoms with Gasteiger partial charge in [-0.15, -0.1) is 0 Å². The first-order valence-corrected chi connectivity index (χ1v) is 4.74. The minimum atomic E-state index is -0.182. The Hall–Kier alpha value is -2.08. The van der Waals surface area contributed by atoms with Crippen molar-refractivity contribution in [3.05, 3.63) is 46.3 Å². The summed E-state index contributed by atoms with van der Waals surface area (Å²) in [6.45, 7) is 4.00. The van der Waals surface area contributed by atoms with E-state index in [-0.39, 0.29) is 11.2 Å². The molecule has 0 radical (unpaired) electrons. The van der Waals surface area contributed by atoms with Crippen molar-refractivity contribution in [2.75, 3.05) is 0 Å². The van der Waals surface area contributed by atoms with Crippen LogP contribution in [0.3, 0.4) is 0 Å². The Bertz CT molecular complexity index is 549. The van der Waals surface area contributed by atoms with E-state index in [1.54, 1.807) is 30.3 Å². The minimum absolute atomic E-state index is 0.0451. The van der Waals surface area contributed by atoms with Gasteiger partial charge in [-0.1, -0.05) is 26.0 Å². The molecule has 0 aliphatic heterocycles. The number of para-hydroxylation sites is 1. The highest BCUT2D eigenvalue weighted by molar-refractivity contribution is 5.76. The maximum absolute atomic E-state index is 11.3. The lowest BCUT2D eigenvalue weighted by Crippen LogP contribution is -1.99. The van der Waals surface area contributed by atoms with E-state index in [0.29, 0.717) is 11.0 Å². The van der Waals surface area contributed by atoms with Crippen LogP contribution in [-0.4, -0.2) is 0 Å². The van der Waals surface area contributed by atoms with Gasteiger partial charge in [-0.3, -0.25) is 4.79 Å². The van der Waals surface area contributed by atoms with E-state index >= 15 is 0 Å². The maximum Gasteiger partial charge on any atom is 0.207 e. The zero-order chi connectivity index (χ0) is 11.3. The van der Waals surface area contributed by atoms with E-state index in [1.165, 1.54) is 6.07 Å². The summed E-state index contributed by atoms with van der Waals surface area (Å²) in [5.41, 5.74) is 0.268. The van der Waals surface area contributed by atoms with Gasteiger partial charge in [-0.2, -0.15) is 5.26 Å². The topological polar surface area (TPSA) is 54.0 Å². The normalized spacial score (nSPS) is 8.87. The quantitative estimate of drug-likeness (QED) is 0.658. The fourth-order valence-electron chi connectivity index (χ4n) is 1.16. The van der Waals surface area contributed by atoms with Crippen LogP contribution in [-0.2, 0) is 0 Å². The van der Waals surface area contributed by atoms with Gasteiger partial charge in [0.15, 0.2) is 5.43 Å². The largest absolute Gasteiger partial charge is 0.445 e. The fraction of sp³-hybridized carbons (Fsp3) is 0.167. The zero-order valence-corrected chi connectivity index (χ0v) is 8.65. The summed E-state index contributed by atoms with van der Waals surface area (Å²) in [5.74, 6) is 0.0451. The molecule has 0 fully saturated rings. The standard InChI is InChI=1S/C10H5NO2.C2H6/c11-6-7-5-9(12)8-3-1-2-4-10(8)13-7;1-2/h1-5H;1-2H3. The molecule has 0 saturated heterocycles. The average molecular weight is 201 g/mol. The second kappa shape index (κ2) is 4.97. The zero-order valence-electron chi connectivity index (χ0n) is 8.65. The Morgan fingerprint density at radius 3 is 2.60 bits per heavy atom. The first-order valence-electron chi connectivity index (χ1n) is 4.74. The lowest BCUT2D eigenvalue weighted by atomic mass is 10.2. The van der Waals surface area contributed by atoms with Crippen molar-refractivity contribution in [1.82, 2.24) is 0 Å². The number of nitriles is 1. The smallest absolute Gasteiger partial charge is 0.207 e. The SMILES string of the molecule is CC.N#Cc1cc(=O)c2ccccc2o1. The summed E-state index contributed by atoms with van der Waals surface area (Å²) in [6.07, 6.45) is 0. The predicted octanol–water partition coefficient (Wildman–Crippen LogP) is 2.69. The molecule has 0 aliphatic carbocycles. The van der Waals surface area contributed by atoms with Crippen molar-refractivity contribution < 1.29 is 4.42 Å². The lowest BCUT2D eigenvalue weighted by molar-refractivity contribution is 0.586. The van der Waals surface area contributed by atoms with Crippen molar-refractivity contribution in [2.45, 2.75) is 13.8 Å². The van der Waals surface area contributed by atoms with E-state index in [0.717, 1.165) is 0 Å². The van der Waals surface area contributed by atoms with Crippen molar-refractivity contribution >= 4 is 11.0 Å². The van der Waals surface area contributed by atoms with E-state index < -0.39 is 0 Å². The number of fused-ring (bicyclic) bond motifs is 1. The van der Waals surface area contributed by atoms with Crippen molar-refractivity contribution in [3.63, 3.8) is 0 Å². The van der Waals surface area contributed by atoms with E-state index in [9.17, 15) is 4.79 Å². The van der Waals surface area contributed by atoms with Crippen molar-refractivity contribution in [1.29, 1.82) is 5.26 Å². The van der Waals surface area contributed by atoms with Crippen LogP contribution in [0.25, 0.3) is 11.0 Å². The molecule has 3 nitrogen and oxygen atoms in total. The van der Waals surface area contributed by atoms with Gasteiger partial charge >= 0.3 is 0 Å². The molecule has 0 bridgehead atoms. The number of hydrogen-bond acceptors (Lipinski definition) is 3. The molecule has 0 amide bonds. The van der Waals surface area contributed by atoms with Crippen molar-refractivity contribution in [3.8, 4) is 6.07 Å². The van der Waals surface area contributed by atoms with Crippen molar-refractivity contribution in [2.24, 2.45) is 0 Å². The molecule has 0 N–H and O–H groups in total. The molecule has 0 unspecified atom stereocenters. The van der Waals surface area contributed by atoms with Crippen LogP contribution >= 0.6 is 0 Å². The van der Waals surface area contributed by atoms with Gasteiger partial charge in [0.05, 0.1) is 5.39 Å². The van der Waals surface area contributed by atoms with E-state index in [1.807, 2.05) is 13.8 Å². The van der Waals surface area contributed by atoms with Gasteiger partial charge in [0.2, 0.25) is 5.76 Å². The van der Waals surface area contributed by atoms with Crippen LogP contribution < -0.4 is 5.43 Å². The van der Waals surface area contributed by atoms with Gasteiger partial charge in [-0.05, 0) is 12.1 Å². The second-order valence-corrected chi connectivity index (χ2v) is 2.58. The molecule has 0 aliphatic rings. The van der Waals surface area contributed by atoms with Crippen LogP contribution in [0.4, 0.5) is 0 Å². The molecule has 0 atom stereocenters. The predicted molar refractivity (Wildman–Crippen MR) is 58.5 cm³/mol. The summed E-state index contributed by atoms with van der Waals surface area (Å²) in [6, 6.07) is 9.83. The summed E-state index contributed by atoms with van der Waals surface area (Å²) < 4.78 is 5.13. The van der Waals surface area contributed by atoms with Crippen LogP contribution in [0.15, 0.2) is 39.5 Å². The second-order valence-electron chi connectivity index (χ2n) is 2.58. The third kappa shape index (κ3) is 2.23. The Balaban J connectivity index is 0.000000531. The Labute approximate surface area is 87.6 Å². The fourth-order valence-corrected chi connectivity index (χ4v) is 1.16. The molecule has 0 saturated carbocycles. The molecule has 2 aromatic rings. The third-order valence-electron chi connectivity index (χ3n) is 1.74. The molecule has 3 heteroatoms. The summed E-state index contributed by atoms with van der Waals surface area (Å²) >= 11 is 0. The molecular formula is C12H11NO2. The molecule has 1 heterocycles. The summed E-state index contributed by atoms with van der Waals surface area (Å²) in [4.78, 5) is 11.3. The Morgan fingerprint density at radius 1 is 1.27 bits per heavy atom. The number of hydrogen-bond donors (Lipinski definition) is 0. The van der Waals surface area contributed by atoms with Gasteiger partial charge in [0.1, 0.15) is 11.7 Å². The third-order valence-corrected chi connectivity index (χ3v) is 1.74. The molecular weight excluding hydrogens is 190 g/mol. The highest BCUT2D eigenvalue weighted by atomic mass is 16.3. The highest BCUT2D eigenvalue weighted by Gasteiger charge is 2.01. The van der Waals surface area contributed by atoms with Gasteiger partial charge in [0, 0.05) is 6.07 Å². The van der Waals surface area contributed by atoms with Crippen LogP contribution in [0.2, 0.25) is 0 Å². The maximum atomic E-state index is 11.3. The molecule has 76 valence electrons.